The summed E-state index contributed by atoms with van der Waals surface area (Å²) in [6.07, 6.45) is -4.38. The molecule has 1 heterocycles. The van der Waals surface area contributed by atoms with E-state index in [4.69, 9.17) is 4.74 Å². The number of hydrogen-bond acceptors (Lipinski definition) is 4. The van der Waals surface area contributed by atoms with Crippen LogP contribution in [0.3, 0.4) is 0 Å². The summed E-state index contributed by atoms with van der Waals surface area (Å²) in [5, 5.41) is 2.46. The van der Waals surface area contributed by atoms with E-state index in [1.807, 2.05) is 26.0 Å². The van der Waals surface area contributed by atoms with Gasteiger partial charge in [0.2, 0.25) is 0 Å². The number of hydrogen-bond donors (Lipinski definition) is 0. The Morgan fingerprint density at radius 3 is 2.43 bits per heavy atom. The van der Waals surface area contributed by atoms with Crippen LogP contribution in [0, 0.1) is 0 Å². The van der Waals surface area contributed by atoms with Gasteiger partial charge in [-0.3, -0.25) is 4.79 Å². The van der Waals surface area contributed by atoms with Gasteiger partial charge >= 0.3 is 6.18 Å². The second-order valence-electron chi connectivity index (χ2n) is 6.53. The van der Waals surface area contributed by atoms with Gasteiger partial charge in [-0.1, -0.05) is 12.1 Å². The molecule has 0 saturated carbocycles. The summed E-state index contributed by atoms with van der Waals surface area (Å²) in [6.45, 7) is 5.13. The average molecular weight is 434 g/mol. The van der Waals surface area contributed by atoms with Crippen LogP contribution < -0.4 is 4.74 Å². The quantitative estimate of drug-likeness (QED) is 0.466. The lowest BCUT2D eigenvalue weighted by atomic mass is 10.1. The Morgan fingerprint density at radius 1 is 1.10 bits per heavy atom. The largest absolute Gasteiger partial charge is 0.489 e. The molecule has 0 unspecified atom stereocenters. The number of benzene rings is 2. The van der Waals surface area contributed by atoms with Crippen LogP contribution in [0.2, 0.25) is 0 Å². The minimum atomic E-state index is -4.38. The van der Waals surface area contributed by atoms with Crippen molar-refractivity contribution < 1.29 is 22.7 Å². The first-order chi connectivity index (χ1) is 14.3. The Balaban J connectivity index is 1.65. The van der Waals surface area contributed by atoms with E-state index in [1.54, 1.807) is 28.5 Å². The van der Waals surface area contributed by atoms with E-state index in [-0.39, 0.29) is 12.5 Å². The summed E-state index contributed by atoms with van der Waals surface area (Å²) in [6, 6.07) is 12.2. The molecule has 0 atom stereocenters. The monoisotopic (exact) mass is 434 g/mol. The first kappa shape index (κ1) is 21.8. The molecule has 158 valence electrons. The first-order valence-corrected chi connectivity index (χ1v) is 10.3. The van der Waals surface area contributed by atoms with Crippen molar-refractivity contribution >= 4 is 17.2 Å². The molecule has 0 N–H and O–H groups in total. The number of aromatic nitrogens is 1. The van der Waals surface area contributed by atoms with E-state index in [2.05, 4.69) is 4.98 Å². The smallest absolute Gasteiger partial charge is 0.416 e. The first-order valence-electron chi connectivity index (χ1n) is 9.46. The minimum Gasteiger partial charge on any atom is -0.489 e. The third kappa shape index (κ3) is 5.18. The lowest BCUT2D eigenvalue weighted by Crippen LogP contribution is -2.30. The molecule has 0 bridgehead atoms. The van der Waals surface area contributed by atoms with Gasteiger partial charge < -0.3 is 9.64 Å². The number of carbonyl (C=O) groups is 1. The Hall–Kier alpha value is -2.87. The van der Waals surface area contributed by atoms with Gasteiger partial charge in [0.1, 0.15) is 23.1 Å². The minimum absolute atomic E-state index is 0.0308. The van der Waals surface area contributed by atoms with Crippen molar-refractivity contribution in [3.8, 4) is 16.3 Å². The van der Waals surface area contributed by atoms with Gasteiger partial charge in [-0.2, -0.15) is 13.2 Å². The molecular weight excluding hydrogens is 413 g/mol. The van der Waals surface area contributed by atoms with E-state index in [0.29, 0.717) is 30.1 Å². The Kier molecular flexibility index (Phi) is 6.77. The van der Waals surface area contributed by atoms with E-state index in [0.717, 1.165) is 22.7 Å². The van der Waals surface area contributed by atoms with E-state index in [1.165, 1.54) is 17.4 Å². The number of amides is 1. The molecule has 4 nitrogen and oxygen atoms in total. The third-order valence-electron chi connectivity index (χ3n) is 4.54. The highest BCUT2D eigenvalue weighted by molar-refractivity contribution is 7.13. The van der Waals surface area contributed by atoms with Crippen molar-refractivity contribution in [1.29, 1.82) is 0 Å². The maximum absolute atomic E-state index is 12.8. The van der Waals surface area contributed by atoms with Crippen LogP contribution >= 0.6 is 11.3 Å². The number of nitrogens with zero attached hydrogens (tertiary/aromatic N) is 2. The molecule has 1 amide bonds. The maximum Gasteiger partial charge on any atom is 0.416 e. The molecular formula is C22H21F3N2O2S. The third-order valence-corrected chi connectivity index (χ3v) is 5.43. The molecule has 2 aromatic carbocycles. The van der Waals surface area contributed by atoms with Gasteiger partial charge in [0.25, 0.3) is 5.91 Å². The Morgan fingerprint density at radius 2 is 1.80 bits per heavy atom. The van der Waals surface area contributed by atoms with Gasteiger partial charge in [0.05, 0.1) is 5.56 Å². The SMILES string of the molecule is CCN(CC)C(=O)c1csc(-c2ccc(OCc3cccc(C(F)(F)F)c3)cc2)n1. The molecule has 8 heteroatoms. The number of rotatable bonds is 7. The highest BCUT2D eigenvalue weighted by Gasteiger charge is 2.30. The number of ether oxygens (including phenoxy) is 1. The standard InChI is InChI=1S/C22H21F3N2O2S/c1-3-27(4-2)21(28)19-14-30-20(26-19)16-8-10-18(11-9-16)29-13-15-6-5-7-17(12-15)22(23,24)25/h5-12,14H,3-4,13H2,1-2H3. The van der Waals surface area contributed by atoms with Crippen molar-refractivity contribution in [2.24, 2.45) is 0 Å². The number of carbonyl (C=O) groups excluding carboxylic acids is 1. The summed E-state index contributed by atoms with van der Waals surface area (Å²) in [7, 11) is 0. The lowest BCUT2D eigenvalue weighted by Gasteiger charge is -2.16. The predicted molar refractivity (Wildman–Crippen MR) is 111 cm³/mol. The van der Waals surface area contributed by atoms with Crippen LogP contribution in [0.1, 0.15) is 35.5 Å². The molecule has 3 rings (SSSR count). The molecule has 0 aliphatic heterocycles. The van der Waals surface area contributed by atoms with Crippen LogP contribution in [0.25, 0.3) is 10.6 Å². The summed E-state index contributed by atoms with van der Waals surface area (Å²) in [4.78, 5) is 18.5. The van der Waals surface area contributed by atoms with Gasteiger partial charge in [0, 0.05) is 24.0 Å². The van der Waals surface area contributed by atoms with Crippen molar-refractivity contribution in [2.75, 3.05) is 13.1 Å². The summed E-state index contributed by atoms with van der Waals surface area (Å²) >= 11 is 1.38. The van der Waals surface area contributed by atoms with Crippen molar-refractivity contribution in [3.05, 3.63) is 70.7 Å². The molecule has 0 saturated heterocycles. The molecule has 30 heavy (non-hydrogen) atoms. The van der Waals surface area contributed by atoms with Crippen LogP contribution in [-0.2, 0) is 12.8 Å². The van der Waals surface area contributed by atoms with Crippen molar-refractivity contribution in [1.82, 2.24) is 9.88 Å². The van der Waals surface area contributed by atoms with E-state index >= 15 is 0 Å². The van der Waals surface area contributed by atoms with Gasteiger partial charge in [-0.05, 0) is 55.8 Å². The number of alkyl halides is 3. The Bertz CT molecular complexity index is 996. The summed E-state index contributed by atoms with van der Waals surface area (Å²) in [5.41, 5.74) is 1.000. The molecule has 1 aromatic heterocycles. The van der Waals surface area contributed by atoms with Crippen LogP contribution in [0.4, 0.5) is 13.2 Å². The zero-order chi connectivity index (χ0) is 21.7. The van der Waals surface area contributed by atoms with Crippen molar-refractivity contribution in [2.45, 2.75) is 26.6 Å². The zero-order valence-corrected chi connectivity index (χ0v) is 17.4. The molecule has 0 aliphatic carbocycles. The van der Waals surface area contributed by atoms with Crippen LogP contribution in [0.15, 0.2) is 53.9 Å². The zero-order valence-electron chi connectivity index (χ0n) is 16.6. The second kappa shape index (κ2) is 9.30. The topological polar surface area (TPSA) is 42.4 Å². The van der Waals surface area contributed by atoms with Crippen LogP contribution in [0.5, 0.6) is 5.75 Å². The van der Waals surface area contributed by atoms with Gasteiger partial charge in [-0.25, -0.2) is 4.98 Å². The maximum atomic E-state index is 12.8. The predicted octanol–water partition coefficient (Wildman–Crippen LogP) is 5.89. The highest BCUT2D eigenvalue weighted by Crippen LogP contribution is 2.30. The average Bonchev–Trinajstić information content (AvgIpc) is 3.23. The summed E-state index contributed by atoms with van der Waals surface area (Å²) in [5.74, 6) is 0.440. The fraction of sp³-hybridized carbons (Fsp3) is 0.273. The van der Waals surface area contributed by atoms with E-state index in [9.17, 15) is 18.0 Å². The van der Waals surface area contributed by atoms with E-state index < -0.39 is 11.7 Å². The Labute approximate surface area is 176 Å². The number of halogens is 3. The van der Waals surface area contributed by atoms with Gasteiger partial charge in [0.15, 0.2) is 0 Å². The molecule has 0 aliphatic rings. The van der Waals surface area contributed by atoms with Crippen molar-refractivity contribution in [3.63, 3.8) is 0 Å². The normalized spacial score (nSPS) is 11.4. The lowest BCUT2D eigenvalue weighted by molar-refractivity contribution is -0.137. The fourth-order valence-corrected chi connectivity index (χ4v) is 3.68. The summed E-state index contributed by atoms with van der Waals surface area (Å²) < 4.78 is 44.0. The van der Waals surface area contributed by atoms with Crippen LogP contribution in [-0.4, -0.2) is 28.9 Å². The molecule has 3 aromatic rings. The molecule has 0 radical (unpaired) electrons. The number of thiazole rings is 1. The highest BCUT2D eigenvalue weighted by atomic mass is 32.1. The molecule has 0 spiro atoms. The molecule has 0 fully saturated rings. The second-order valence-corrected chi connectivity index (χ2v) is 7.38. The fourth-order valence-electron chi connectivity index (χ4n) is 2.88. The van der Waals surface area contributed by atoms with Gasteiger partial charge in [-0.15, -0.1) is 11.3 Å².